The molecule has 0 saturated heterocycles. The zero-order valence-corrected chi connectivity index (χ0v) is 9.26. The Kier molecular flexibility index (Phi) is 5.86. The summed E-state index contributed by atoms with van der Waals surface area (Å²) in [4.78, 5) is 4.02. The van der Waals surface area contributed by atoms with Gasteiger partial charge in [-0.05, 0) is 38.0 Å². The van der Waals surface area contributed by atoms with Gasteiger partial charge >= 0.3 is 0 Å². The number of aryl methyl sites for hydroxylation is 1. The molecule has 0 saturated carbocycles. The van der Waals surface area contributed by atoms with Crippen LogP contribution in [0.4, 0.5) is 0 Å². The third kappa shape index (κ3) is 4.46. The molecule has 0 amide bonds. The quantitative estimate of drug-likeness (QED) is 0.635. The number of allylic oxidation sites excluding steroid dienone is 1. The second-order valence-electron chi connectivity index (χ2n) is 2.95. The molecule has 1 heterocycles. The molecule has 1 aromatic rings. The van der Waals surface area contributed by atoms with E-state index >= 15 is 0 Å². The van der Waals surface area contributed by atoms with Gasteiger partial charge in [0.15, 0.2) is 0 Å². The molecule has 0 aliphatic carbocycles. The van der Waals surface area contributed by atoms with E-state index in [1.807, 2.05) is 32.3 Å². The molecule has 0 fully saturated rings. The van der Waals surface area contributed by atoms with Gasteiger partial charge in [0, 0.05) is 12.4 Å². The van der Waals surface area contributed by atoms with Crippen LogP contribution in [0.5, 0.6) is 0 Å². The van der Waals surface area contributed by atoms with Crippen LogP contribution in [-0.2, 0) is 0 Å². The average molecular weight is 177 g/mol. The lowest BCUT2D eigenvalue weighted by molar-refractivity contribution is 1.25. The van der Waals surface area contributed by atoms with Crippen LogP contribution < -0.4 is 0 Å². The third-order valence-electron chi connectivity index (χ3n) is 1.51. The second kappa shape index (κ2) is 6.41. The van der Waals surface area contributed by atoms with Crippen molar-refractivity contribution in [2.24, 2.45) is 0 Å². The molecule has 1 rings (SSSR count). The predicted molar refractivity (Wildman–Crippen MR) is 59.6 cm³/mol. The van der Waals surface area contributed by atoms with Crippen LogP contribution in [0.1, 0.15) is 38.8 Å². The summed E-state index contributed by atoms with van der Waals surface area (Å²) < 4.78 is 0. The van der Waals surface area contributed by atoms with E-state index in [2.05, 4.69) is 31.8 Å². The van der Waals surface area contributed by atoms with Crippen molar-refractivity contribution in [2.75, 3.05) is 0 Å². The number of nitrogens with zero attached hydrogens (tertiary/aromatic N) is 1. The first-order valence-corrected chi connectivity index (χ1v) is 4.75. The highest BCUT2D eigenvalue weighted by atomic mass is 14.6. The molecule has 1 heteroatoms. The molecule has 0 atom stereocenters. The van der Waals surface area contributed by atoms with E-state index in [1.165, 1.54) is 16.7 Å². The average Bonchev–Trinajstić information content (AvgIpc) is 2.12. The predicted octanol–water partition coefficient (Wildman–Crippen LogP) is 3.84. The van der Waals surface area contributed by atoms with E-state index in [1.54, 1.807) is 0 Å². The Morgan fingerprint density at radius 3 is 2.38 bits per heavy atom. The fourth-order valence-corrected chi connectivity index (χ4v) is 0.957. The minimum Gasteiger partial charge on any atom is -0.264 e. The normalized spacial score (nSPS) is 8.38. The highest BCUT2D eigenvalue weighted by Gasteiger charge is 1.91. The first kappa shape index (κ1) is 11.9. The lowest BCUT2D eigenvalue weighted by Gasteiger charge is -1.98. The highest BCUT2D eigenvalue weighted by Crippen LogP contribution is 2.09. The summed E-state index contributed by atoms with van der Waals surface area (Å²) in [5.74, 6) is 0. The van der Waals surface area contributed by atoms with E-state index in [-0.39, 0.29) is 0 Å². The summed E-state index contributed by atoms with van der Waals surface area (Å²) >= 11 is 0. The summed E-state index contributed by atoms with van der Waals surface area (Å²) in [6, 6.07) is 2.03. The molecule has 0 spiro atoms. The fraction of sp³-hybridized carbons (Fsp3) is 0.417. The van der Waals surface area contributed by atoms with Gasteiger partial charge in [0.25, 0.3) is 0 Å². The fourth-order valence-electron chi connectivity index (χ4n) is 0.957. The summed E-state index contributed by atoms with van der Waals surface area (Å²) in [6.45, 7) is 10.3. The molecule has 72 valence electrons. The zero-order chi connectivity index (χ0) is 10.3. The van der Waals surface area contributed by atoms with Crippen LogP contribution >= 0.6 is 0 Å². The van der Waals surface area contributed by atoms with Gasteiger partial charge in [-0.25, -0.2) is 0 Å². The zero-order valence-electron chi connectivity index (χ0n) is 9.26. The van der Waals surface area contributed by atoms with Crippen LogP contribution in [0.25, 0.3) is 6.08 Å². The standard InChI is InChI=1S/C10H13N.C2H6/c1-8(2)6-10-4-5-11-7-9(10)3;1-2/h4-7H,1-3H3;1-2H3. The summed E-state index contributed by atoms with van der Waals surface area (Å²) in [7, 11) is 0. The number of aromatic nitrogens is 1. The van der Waals surface area contributed by atoms with Crippen molar-refractivity contribution in [2.45, 2.75) is 34.6 Å². The van der Waals surface area contributed by atoms with Crippen LogP contribution in [0.2, 0.25) is 0 Å². The molecular weight excluding hydrogens is 158 g/mol. The first-order chi connectivity index (χ1) is 6.20. The summed E-state index contributed by atoms with van der Waals surface area (Å²) in [6.07, 6.45) is 5.87. The second-order valence-corrected chi connectivity index (χ2v) is 2.95. The Balaban J connectivity index is 0.000000671. The molecule has 0 N–H and O–H groups in total. The number of pyridine rings is 1. The molecule has 0 unspecified atom stereocenters. The Morgan fingerprint density at radius 1 is 1.31 bits per heavy atom. The first-order valence-electron chi connectivity index (χ1n) is 4.75. The maximum absolute atomic E-state index is 4.02. The van der Waals surface area contributed by atoms with Crippen molar-refractivity contribution in [3.63, 3.8) is 0 Å². The molecular formula is C12H19N. The minimum atomic E-state index is 1.23. The summed E-state index contributed by atoms with van der Waals surface area (Å²) in [5, 5.41) is 0. The van der Waals surface area contributed by atoms with Gasteiger partial charge in [0.2, 0.25) is 0 Å². The summed E-state index contributed by atoms with van der Waals surface area (Å²) in [5.41, 5.74) is 3.81. The molecule has 1 nitrogen and oxygen atoms in total. The maximum atomic E-state index is 4.02. The van der Waals surface area contributed by atoms with Gasteiger partial charge in [-0.3, -0.25) is 4.98 Å². The van der Waals surface area contributed by atoms with E-state index in [0.29, 0.717) is 0 Å². The Hall–Kier alpha value is -1.11. The third-order valence-corrected chi connectivity index (χ3v) is 1.51. The molecule has 0 aliphatic rings. The lowest BCUT2D eigenvalue weighted by Crippen LogP contribution is -1.81. The van der Waals surface area contributed by atoms with Crippen molar-refractivity contribution in [1.29, 1.82) is 0 Å². The van der Waals surface area contributed by atoms with Gasteiger partial charge in [-0.15, -0.1) is 0 Å². The topological polar surface area (TPSA) is 12.9 Å². The SMILES string of the molecule is CC.CC(C)=Cc1ccncc1C. The molecule has 13 heavy (non-hydrogen) atoms. The Bertz CT molecular complexity index is 270. The maximum Gasteiger partial charge on any atom is 0.0303 e. The van der Waals surface area contributed by atoms with Gasteiger partial charge in [0.05, 0.1) is 0 Å². The Morgan fingerprint density at radius 2 is 1.92 bits per heavy atom. The monoisotopic (exact) mass is 177 g/mol. The largest absolute Gasteiger partial charge is 0.264 e. The van der Waals surface area contributed by atoms with Gasteiger partial charge in [-0.1, -0.05) is 25.5 Å². The number of rotatable bonds is 1. The molecule has 0 bridgehead atoms. The molecule has 1 aromatic heterocycles. The minimum absolute atomic E-state index is 1.23. The molecule has 0 radical (unpaired) electrons. The van der Waals surface area contributed by atoms with Crippen molar-refractivity contribution >= 4 is 6.08 Å². The van der Waals surface area contributed by atoms with Crippen molar-refractivity contribution in [3.05, 3.63) is 35.2 Å². The smallest absolute Gasteiger partial charge is 0.0303 e. The lowest BCUT2D eigenvalue weighted by atomic mass is 10.1. The van der Waals surface area contributed by atoms with Crippen molar-refractivity contribution < 1.29 is 0 Å². The highest BCUT2D eigenvalue weighted by molar-refractivity contribution is 5.54. The molecule has 0 aromatic carbocycles. The number of hydrogen-bond donors (Lipinski definition) is 0. The van der Waals surface area contributed by atoms with Crippen molar-refractivity contribution in [3.8, 4) is 0 Å². The van der Waals surface area contributed by atoms with Crippen LogP contribution in [0, 0.1) is 6.92 Å². The van der Waals surface area contributed by atoms with Crippen LogP contribution in [-0.4, -0.2) is 4.98 Å². The van der Waals surface area contributed by atoms with E-state index in [9.17, 15) is 0 Å². The Labute approximate surface area is 81.5 Å². The van der Waals surface area contributed by atoms with Crippen LogP contribution in [0.15, 0.2) is 24.0 Å². The van der Waals surface area contributed by atoms with Crippen LogP contribution in [0.3, 0.4) is 0 Å². The number of hydrogen-bond acceptors (Lipinski definition) is 1. The van der Waals surface area contributed by atoms with Gasteiger partial charge in [0.1, 0.15) is 0 Å². The van der Waals surface area contributed by atoms with E-state index in [4.69, 9.17) is 0 Å². The van der Waals surface area contributed by atoms with Gasteiger partial charge < -0.3 is 0 Å². The van der Waals surface area contributed by atoms with Crippen molar-refractivity contribution in [1.82, 2.24) is 4.98 Å². The molecule has 0 aliphatic heterocycles. The van der Waals surface area contributed by atoms with Gasteiger partial charge in [-0.2, -0.15) is 0 Å². The van der Waals surface area contributed by atoms with E-state index in [0.717, 1.165) is 0 Å². The van der Waals surface area contributed by atoms with E-state index < -0.39 is 0 Å².